The van der Waals surface area contributed by atoms with E-state index in [9.17, 15) is 36.7 Å². The molecule has 3 atom stereocenters. The predicted molar refractivity (Wildman–Crippen MR) is 151 cm³/mol. The van der Waals surface area contributed by atoms with Gasteiger partial charge in [0.05, 0.1) is 22.2 Å². The Morgan fingerprint density at radius 3 is 2.47 bits per heavy atom. The van der Waals surface area contributed by atoms with Crippen LogP contribution < -0.4 is 19.8 Å². The van der Waals surface area contributed by atoms with E-state index in [4.69, 9.17) is 4.74 Å². The quantitative estimate of drug-likeness (QED) is 0.218. The maximum atomic E-state index is 13.8. The summed E-state index contributed by atoms with van der Waals surface area (Å²) in [5.74, 6) is -3.90. The molecule has 8 nitrogen and oxygen atoms in total. The molecular weight excluding hydrogens is 610 g/mol. The molecule has 2 aliphatic heterocycles. The zero-order valence-corrected chi connectivity index (χ0v) is 23.3. The minimum absolute atomic E-state index is 0.195. The first-order valence-corrected chi connectivity index (χ1v) is 14.4. The highest BCUT2D eigenvalue weighted by atomic mass is 32.2. The van der Waals surface area contributed by atoms with Crippen LogP contribution in [0.4, 0.5) is 28.9 Å². The minimum Gasteiger partial charge on any atom is -0.484 e. The van der Waals surface area contributed by atoms with E-state index in [-0.39, 0.29) is 16.3 Å². The van der Waals surface area contributed by atoms with Gasteiger partial charge < -0.3 is 15.0 Å². The van der Waals surface area contributed by atoms with E-state index in [1.165, 1.54) is 30.3 Å². The van der Waals surface area contributed by atoms with Crippen LogP contribution in [-0.4, -0.2) is 34.6 Å². The van der Waals surface area contributed by atoms with Crippen molar-refractivity contribution in [3.63, 3.8) is 0 Å². The van der Waals surface area contributed by atoms with Gasteiger partial charge in [0.2, 0.25) is 11.8 Å². The van der Waals surface area contributed by atoms with Gasteiger partial charge in [0.15, 0.2) is 6.61 Å². The number of carbonyl (C=O) groups is 3. The Morgan fingerprint density at radius 1 is 0.977 bits per heavy atom. The number of nitrogens with one attached hydrogen (secondary N) is 2. The number of rotatable bonds is 6. The number of thiazole rings is 1. The molecule has 1 saturated heterocycles. The fourth-order valence-electron chi connectivity index (χ4n) is 5.13. The standard InChI is InChI=1S/C29H19F4N3O5S2/c30-16-7-9-17(10-8-16)34-20(37)13-41-19-6-1-3-14(11-19)21-22-24(42-25-23(21)43-28(40)35-25)27(39)36(26(22)38)18-5-2-4-15(12-18)29(31,32)33/h1-12,21-22,24H,13H2,(H,34,37)(H,35,40). The number of carbonyl (C=O) groups excluding carboxylic acids is 3. The number of anilines is 2. The zero-order chi connectivity index (χ0) is 30.5. The van der Waals surface area contributed by atoms with Crippen molar-refractivity contribution in [2.24, 2.45) is 5.92 Å². The summed E-state index contributed by atoms with van der Waals surface area (Å²) in [6, 6.07) is 15.7. The molecule has 2 aliphatic rings. The molecule has 0 radical (unpaired) electrons. The highest BCUT2D eigenvalue weighted by Gasteiger charge is 2.56. The number of imide groups is 1. The van der Waals surface area contributed by atoms with Crippen molar-refractivity contribution in [2.75, 3.05) is 16.8 Å². The van der Waals surface area contributed by atoms with E-state index in [0.29, 0.717) is 21.2 Å². The molecule has 43 heavy (non-hydrogen) atoms. The summed E-state index contributed by atoms with van der Waals surface area (Å²) in [6.45, 7) is -0.392. The fourth-order valence-corrected chi connectivity index (χ4v) is 7.64. The molecule has 14 heteroatoms. The fraction of sp³-hybridized carbons (Fsp3) is 0.172. The number of halogens is 4. The third kappa shape index (κ3) is 5.55. The molecule has 3 unspecified atom stereocenters. The van der Waals surface area contributed by atoms with Crippen LogP contribution in [0.2, 0.25) is 0 Å². The molecule has 2 N–H and O–H groups in total. The topological polar surface area (TPSA) is 109 Å². The highest BCUT2D eigenvalue weighted by Crippen LogP contribution is 2.53. The number of H-pyrrole nitrogens is 1. The Bertz CT molecular complexity index is 1800. The SMILES string of the molecule is O=C(COc1cccc(C2c3sc(=O)[nH]c3SC3C(=O)N(c4cccc(C(F)(F)F)c4)C(=O)C32)c1)Nc1ccc(F)cc1. The van der Waals surface area contributed by atoms with E-state index in [2.05, 4.69) is 10.3 Å². The number of aromatic amines is 1. The average Bonchev–Trinajstić information content (AvgIpc) is 3.47. The van der Waals surface area contributed by atoms with E-state index in [0.717, 1.165) is 46.2 Å². The lowest BCUT2D eigenvalue weighted by molar-refractivity contribution is -0.137. The Hall–Kier alpha value is -4.43. The lowest BCUT2D eigenvalue weighted by atomic mass is 9.83. The van der Waals surface area contributed by atoms with Crippen molar-refractivity contribution in [3.8, 4) is 5.75 Å². The molecular formula is C29H19F4N3O5S2. The zero-order valence-electron chi connectivity index (χ0n) is 21.7. The normalized spacial score (nSPS) is 19.6. The number of hydrogen-bond acceptors (Lipinski definition) is 7. The third-order valence-corrected chi connectivity index (χ3v) is 9.37. The van der Waals surface area contributed by atoms with Crippen molar-refractivity contribution in [1.82, 2.24) is 4.98 Å². The Balaban J connectivity index is 1.29. The molecule has 3 amide bonds. The highest BCUT2D eigenvalue weighted by molar-refractivity contribution is 8.00. The van der Waals surface area contributed by atoms with E-state index >= 15 is 0 Å². The maximum Gasteiger partial charge on any atom is 0.416 e. The minimum atomic E-state index is -4.67. The lowest BCUT2D eigenvalue weighted by Crippen LogP contribution is -2.32. The maximum absolute atomic E-state index is 13.8. The van der Waals surface area contributed by atoms with Gasteiger partial charge in [0, 0.05) is 16.5 Å². The van der Waals surface area contributed by atoms with Crippen molar-refractivity contribution in [2.45, 2.75) is 22.4 Å². The first-order chi connectivity index (χ1) is 20.5. The van der Waals surface area contributed by atoms with Crippen molar-refractivity contribution >= 4 is 52.2 Å². The lowest BCUT2D eigenvalue weighted by Gasteiger charge is -2.30. The molecule has 3 aromatic carbocycles. The molecule has 4 aromatic rings. The van der Waals surface area contributed by atoms with E-state index < -0.39 is 59.0 Å². The number of hydrogen-bond donors (Lipinski definition) is 2. The summed E-state index contributed by atoms with van der Waals surface area (Å²) in [7, 11) is 0. The molecule has 0 bridgehead atoms. The molecule has 0 saturated carbocycles. The predicted octanol–water partition coefficient (Wildman–Crippen LogP) is 5.41. The molecule has 220 valence electrons. The second kappa shape index (κ2) is 11.0. The second-order valence-corrected chi connectivity index (χ2v) is 11.9. The van der Waals surface area contributed by atoms with Crippen LogP contribution in [0.15, 0.2) is 82.6 Å². The Morgan fingerprint density at radius 2 is 1.72 bits per heavy atom. The number of aromatic nitrogens is 1. The van der Waals surface area contributed by atoms with Crippen LogP contribution in [0, 0.1) is 11.7 Å². The van der Waals surface area contributed by atoms with Gasteiger partial charge in [-0.25, -0.2) is 9.29 Å². The van der Waals surface area contributed by atoms with Gasteiger partial charge in [-0.1, -0.05) is 41.3 Å². The van der Waals surface area contributed by atoms with Gasteiger partial charge in [-0.15, -0.1) is 0 Å². The van der Waals surface area contributed by atoms with Crippen LogP contribution in [0.3, 0.4) is 0 Å². The summed E-state index contributed by atoms with van der Waals surface area (Å²) in [5, 5.41) is 1.98. The number of benzene rings is 3. The van der Waals surface area contributed by atoms with Crippen molar-refractivity contribution in [3.05, 3.63) is 104 Å². The number of alkyl halides is 3. The van der Waals surface area contributed by atoms with Gasteiger partial charge in [-0.05, 0) is 60.2 Å². The second-order valence-electron chi connectivity index (χ2n) is 9.73. The summed E-state index contributed by atoms with van der Waals surface area (Å²) in [6.07, 6.45) is -4.67. The van der Waals surface area contributed by atoms with Crippen LogP contribution >= 0.6 is 23.1 Å². The van der Waals surface area contributed by atoms with Crippen molar-refractivity contribution in [1.29, 1.82) is 0 Å². The smallest absolute Gasteiger partial charge is 0.416 e. The van der Waals surface area contributed by atoms with Crippen LogP contribution in [0.25, 0.3) is 0 Å². The molecule has 0 spiro atoms. The first-order valence-electron chi connectivity index (χ1n) is 12.7. The van der Waals surface area contributed by atoms with Crippen LogP contribution in [0.5, 0.6) is 5.75 Å². The van der Waals surface area contributed by atoms with Crippen molar-refractivity contribution < 1.29 is 36.7 Å². The summed E-state index contributed by atoms with van der Waals surface area (Å²) >= 11 is 1.88. The molecule has 1 aromatic heterocycles. The summed E-state index contributed by atoms with van der Waals surface area (Å²) in [5.41, 5.74) is -0.310. The first kappa shape index (κ1) is 28.7. The molecule has 1 fully saturated rings. The van der Waals surface area contributed by atoms with Gasteiger partial charge in [-0.2, -0.15) is 13.2 Å². The number of fused-ring (bicyclic) bond motifs is 2. The van der Waals surface area contributed by atoms with Gasteiger partial charge >= 0.3 is 11.0 Å². The number of nitrogens with zero attached hydrogens (tertiary/aromatic N) is 1. The largest absolute Gasteiger partial charge is 0.484 e. The van der Waals surface area contributed by atoms with Gasteiger partial charge in [0.25, 0.3) is 5.91 Å². The molecule has 6 rings (SSSR count). The number of ether oxygens (including phenoxy) is 1. The monoisotopic (exact) mass is 629 g/mol. The van der Waals surface area contributed by atoms with Crippen LogP contribution in [-0.2, 0) is 20.6 Å². The summed E-state index contributed by atoms with van der Waals surface area (Å²) in [4.78, 5) is 55.7. The average molecular weight is 630 g/mol. The van der Waals surface area contributed by atoms with Gasteiger partial charge in [-0.3, -0.25) is 19.2 Å². The van der Waals surface area contributed by atoms with E-state index in [1.807, 2.05) is 0 Å². The molecule has 3 heterocycles. The summed E-state index contributed by atoms with van der Waals surface area (Å²) < 4.78 is 59.0. The number of amides is 3. The number of thioether (sulfide) groups is 1. The van der Waals surface area contributed by atoms with E-state index in [1.54, 1.807) is 24.3 Å². The Labute approximate surface area is 248 Å². The third-order valence-electron chi connectivity index (χ3n) is 6.97. The molecule has 0 aliphatic carbocycles. The van der Waals surface area contributed by atoms with Gasteiger partial charge in [0.1, 0.15) is 16.8 Å². The Kier molecular flexibility index (Phi) is 7.34. The van der Waals surface area contributed by atoms with Crippen LogP contribution in [0.1, 0.15) is 21.9 Å².